The molecule has 106 valence electrons. The van der Waals surface area contributed by atoms with Gasteiger partial charge in [-0.25, -0.2) is 0 Å². The molecule has 0 N–H and O–H groups in total. The normalized spacial score (nSPS) is 23.6. The van der Waals surface area contributed by atoms with E-state index in [1.54, 1.807) is 5.01 Å². The third-order valence-corrected chi connectivity index (χ3v) is 3.28. The SMILES string of the molecule is CCCCOC[C@H]1CN(N=O)CC1OCCCC. The molecule has 0 amide bonds. The van der Waals surface area contributed by atoms with Crippen molar-refractivity contribution in [1.29, 1.82) is 0 Å². The molecule has 0 aromatic rings. The van der Waals surface area contributed by atoms with Gasteiger partial charge in [0.2, 0.25) is 0 Å². The quantitative estimate of drug-likeness (QED) is 0.446. The van der Waals surface area contributed by atoms with Crippen LogP contribution in [0.3, 0.4) is 0 Å². The molecular formula is C13H26N2O3. The van der Waals surface area contributed by atoms with Crippen molar-refractivity contribution in [3.05, 3.63) is 4.91 Å². The van der Waals surface area contributed by atoms with E-state index in [9.17, 15) is 4.91 Å². The van der Waals surface area contributed by atoms with Gasteiger partial charge in [0.15, 0.2) is 0 Å². The van der Waals surface area contributed by atoms with Gasteiger partial charge in [0.05, 0.1) is 24.5 Å². The molecule has 0 radical (unpaired) electrons. The summed E-state index contributed by atoms with van der Waals surface area (Å²) in [5.41, 5.74) is 0. The van der Waals surface area contributed by atoms with E-state index in [1.165, 1.54) is 0 Å². The maximum atomic E-state index is 10.6. The van der Waals surface area contributed by atoms with Crippen LogP contribution in [0, 0.1) is 10.8 Å². The summed E-state index contributed by atoms with van der Waals surface area (Å²) < 4.78 is 11.5. The number of hydrogen-bond acceptors (Lipinski definition) is 4. The Morgan fingerprint density at radius 2 is 1.89 bits per heavy atom. The first kappa shape index (κ1) is 15.4. The summed E-state index contributed by atoms with van der Waals surface area (Å²) in [6.45, 7) is 7.78. The number of unbranched alkanes of at least 4 members (excludes halogenated alkanes) is 2. The molecule has 0 aromatic heterocycles. The maximum absolute atomic E-state index is 10.6. The van der Waals surface area contributed by atoms with E-state index in [2.05, 4.69) is 19.1 Å². The summed E-state index contributed by atoms with van der Waals surface area (Å²) in [7, 11) is 0. The third kappa shape index (κ3) is 5.31. The molecule has 0 saturated carbocycles. The van der Waals surface area contributed by atoms with Gasteiger partial charge in [-0.05, 0) is 12.8 Å². The molecule has 5 heteroatoms. The van der Waals surface area contributed by atoms with Crippen molar-refractivity contribution in [2.45, 2.75) is 45.6 Å². The zero-order valence-corrected chi connectivity index (χ0v) is 11.6. The monoisotopic (exact) mass is 258 g/mol. The van der Waals surface area contributed by atoms with Crippen LogP contribution >= 0.6 is 0 Å². The van der Waals surface area contributed by atoms with Crippen LogP contribution in [0.1, 0.15) is 39.5 Å². The highest BCUT2D eigenvalue weighted by Gasteiger charge is 2.33. The van der Waals surface area contributed by atoms with E-state index in [0.717, 1.165) is 38.9 Å². The fraction of sp³-hybridized carbons (Fsp3) is 1.00. The molecule has 1 aliphatic rings. The van der Waals surface area contributed by atoms with E-state index in [-0.39, 0.29) is 12.0 Å². The molecular weight excluding hydrogens is 232 g/mol. The van der Waals surface area contributed by atoms with E-state index in [0.29, 0.717) is 19.7 Å². The lowest BCUT2D eigenvalue weighted by Gasteiger charge is -2.18. The Kier molecular flexibility index (Phi) is 7.93. The van der Waals surface area contributed by atoms with E-state index in [4.69, 9.17) is 9.47 Å². The van der Waals surface area contributed by atoms with Crippen LogP contribution in [-0.2, 0) is 9.47 Å². The van der Waals surface area contributed by atoms with Crippen LogP contribution in [0.15, 0.2) is 5.29 Å². The van der Waals surface area contributed by atoms with Crippen LogP contribution in [0.5, 0.6) is 0 Å². The smallest absolute Gasteiger partial charge is 0.0835 e. The largest absolute Gasteiger partial charge is 0.381 e. The number of ether oxygens (including phenoxy) is 2. The Balaban J connectivity index is 2.28. The molecule has 1 fully saturated rings. The molecule has 1 saturated heterocycles. The number of nitroso groups, excluding NO2 is 1. The highest BCUT2D eigenvalue weighted by Crippen LogP contribution is 2.21. The van der Waals surface area contributed by atoms with Crippen LogP contribution in [0.4, 0.5) is 0 Å². The van der Waals surface area contributed by atoms with Crippen LogP contribution in [0.2, 0.25) is 0 Å². The molecule has 0 aromatic carbocycles. The first-order valence-corrected chi connectivity index (χ1v) is 7.09. The number of rotatable bonds is 10. The lowest BCUT2D eigenvalue weighted by molar-refractivity contribution is -0.000128. The topological polar surface area (TPSA) is 51.1 Å². The summed E-state index contributed by atoms with van der Waals surface area (Å²) in [5.74, 6) is 0.274. The van der Waals surface area contributed by atoms with Gasteiger partial charge in [-0.15, -0.1) is 4.91 Å². The van der Waals surface area contributed by atoms with Crippen LogP contribution in [0.25, 0.3) is 0 Å². The molecule has 2 atom stereocenters. The fourth-order valence-corrected chi connectivity index (χ4v) is 2.10. The van der Waals surface area contributed by atoms with Crippen molar-refractivity contribution >= 4 is 0 Å². The zero-order valence-electron chi connectivity index (χ0n) is 11.6. The first-order chi connectivity index (χ1) is 8.81. The zero-order chi connectivity index (χ0) is 13.2. The van der Waals surface area contributed by atoms with Crippen molar-refractivity contribution in [3.8, 4) is 0 Å². The Morgan fingerprint density at radius 1 is 1.17 bits per heavy atom. The fourth-order valence-electron chi connectivity index (χ4n) is 2.10. The summed E-state index contributed by atoms with van der Waals surface area (Å²) in [6.07, 6.45) is 4.51. The Bertz CT molecular complexity index is 226. The maximum Gasteiger partial charge on any atom is 0.0835 e. The van der Waals surface area contributed by atoms with Crippen molar-refractivity contribution in [2.75, 3.05) is 32.9 Å². The highest BCUT2D eigenvalue weighted by atomic mass is 16.5. The predicted molar refractivity (Wildman–Crippen MR) is 71.2 cm³/mol. The Morgan fingerprint density at radius 3 is 2.56 bits per heavy atom. The number of hydrogen-bond donors (Lipinski definition) is 0. The molecule has 1 aliphatic heterocycles. The summed E-state index contributed by atoms with van der Waals surface area (Å²) >= 11 is 0. The van der Waals surface area contributed by atoms with Gasteiger partial charge in [0, 0.05) is 25.7 Å². The van der Waals surface area contributed by atoms with E-state index >= 15 is 0 Å². The van der Waals surface area contributed by atoms with Crippen molar-refractivity contribution < 1.29 is 9.47 Å². The van der Waals surface area contributed by atoms with Crippen LogP contribution in [-0.4, -0.2) is 44.0 Å². The molecule has 0 aliphatic carbocycles. The van der Waals surface area contributed by atoms with Gasteiger partial charge in [-0.3, -0.25) is 5.01 Å². The lowest BCUT2D eigenvalue weighted by Crippen LogP contribution is -2.27. The van der Waals surface area contributed by atoms with Gasteiger partial charge in [0.25, 0.3) is 0 Å². The summed E-state index contributed by atoms with van der Waals surface area (Å²) in [6, 6.07) is 0. The third-order valence-electron chi connectivity index (χ3n) is 3.28. The molecule has 1 unspecified atom stereocenters. The predicted octanol–water partition coefficient (Wildman–Crippen LogP) is 2.60. The van der Waals surface area contributed by atoms with Crippen LogP contribution < -0.4 is 0 Å². The standard InChI is InChI=1S/C13H26N2O3/c1-3-5-7-17-11-12-9-15(14-16)10-13(12)18-8-6-4-2/h12-13H,3-11H2,1-2H3/t12-,13?/m1/s1. The molecule has 5 nitrogen and oxygen atoms in total. The minimum Gasteiger partial charge on any atom is -0.381 e. The summed E-state index contributed by atoms with van der Waals surface area (Å²) in [4.78, 5) is 10.6. The average molecular weight is 258 g/mol. The van der Waals surface area contributed by atoms with Crippen molar-refractivity contribution in [1.82, 2.24) is 5.01 Å². The summed E-state index contributed by atoms with van der Waals surface area (Å²) in [5, 5.41) is 4.55. The first-order valence-electron chi connectivity index (χ1n) is 7.09. The van der Waals surface area contributed by atoms with E-state index < -0.39 is 0 Å². The minimum atomic E-state index is 0.0934. The van der Waals surface area contributed by atoms with E-state index in [1.807, 2.05) is 0 Å². The minimum absolute atomic E-state index is 0.0934. The lowest BCUT2D eigenvalue weighted by atomic mass is 10.1. The van der Waals surface area contributed by atoms with Gasteiger partial charge >= 0.3 is 0 Å². The van der Waals surface area contributed by atoms with Gasteiger partial charge in [-0.2, -0.15) is 0 Å². The Labute approximate surface area is 110 Å². The number of nitrogens with zero attached hydrogens (tertiary/aromatic N) is 2. The molecule has 1 rings (SSSR count). The van der Waals surface area contributed by atoms with Gasteiger partial charge < -0.3 is 9.47 Å². The van der Waals surface area contributed by atoms with Gasteiger partial charge in [-0.1, -0.05) is 26.7 Å². The highest BCUT2D eigenvalue weighted by molar-refractivity contribution is 4.83. The second-order valence-corrected chi connectivity index (χ2v) is 4.90. The Hall–Kier alpha value is -0.680. The van der Waals surface area contributed by atoms with Crippen molar-refractivity contribution in [2.24, 2.45) is 11.2 Å². The molecule has 0 spiro atoms. The second kappa shape index (κ2) is 9.28. The molecule has 1 heterocycles. The average Bonchev–Trinajstić information content (AvgIpc) is 2.78. The second-order valence-electron chi connectivity index (χ2n) is 4.90. The molecule has 18 heavy (non-hydrogen) atoms. The molecule has 0 bridgehead atoms. The van der Waals surface area contributed by atoms with Crippen molar-refractivity contribution in [3.63, 3.8) is 0 Å². The van der Waals surface area contributed by atoms with Gasteiger partial charge in [0.1, 0.15) is 0 Å².